The molecule has 0 atom stereocenters. The van der Waals surface area contributed by atoms with Gasteiger partial charge in [-0.15, -0.1) is 24.8 Å². The fraction of sp³-hybridized carbons (Fsp3) is 0.364. The van der Waals surface area contributed by atoms with Gasteiger partial charge in [0.15, 0.2) is 11.5 Å². The number of fused-ring (bicyclic) bond motifs is 1. The quantitative estimate of drug-likeness (QED) is 0.840. The fourth-order valence-corrected chi connectivity index (χ4v) is 1.75. The van der Waals surface area contributed by atoms with Crippen LogP contribution in [0.5, 0.6) is 11.5 Å². The Kier molecular flexibility index (Phi) is 11.7. The molecule has 19 heavy (non-hydrogen) atoms. The number of hydrogen-bond donors (Lipinski definition) is 1. The molecule has 2 rings (SSSR count). The van der Waals surface area contributed by atoms with E-state index in [2.05, 4.69) is 5.32 Å². The van der Waals surface area contributed by atoms with Crippen LogP contribution in [0, 0.1) is 0 Å². The van der Waals surface area contributed by atoms with Gasteiger partial charge in [0, 0.05) is 12.1 Å². The molecule has 0 aliphatic carbocycles. The third-order valence-electron chi connectivity index (χ3n) is 2.53. The van der Waals surface area contributed by atoms with Gasteiger partial charge in [0.25, 0.3) is 5.91 Å². The highest BCUT2D eigenvalue weighted by Gasteiger charge is 2.19. The van der Waals surface area contributed by atoms with Crippen LogP contribution >= 0.6 is 24.8 Å². The topological polar surface area (TPSA) is 111 Å². The number of methoxy groups -OCH3 is 2. The van der Waals surface area contributed by atoms with Gasteiger partial charge in [-0.1, -0.05) is 0 Å². The van der Waals surface area contributed by atoms with Crippen LogP contribution in [0.2, 0.25) is 0 Å². The van der Waals surface area contributed by atoms with Gasteiger partial charge < -0.3 is 25.7 Å². The highest BCUT2D eigenvalue weighted by molar-refractivity contribution is 5.97. The van der Waals surface area contributed by atoms with Crippen LogP contribution in [-0.4, -0.2) is 37.6 Å². The largest absolute Gasteiger partial charge is 0.493 e. The zero-order chi connectivity index (χ0) is 10.8. The Morgan fingerprint density at radius 3 is 2.11 bits per heavy atom. The van der Waals surface area contributed by atoms with Crippen molar-refractivity contribution in [3.63, 3.8) is 0 Å². The molecule has 1 aliphatic rings. The lowest BCUT2D eigenvalue weighted by atomic mass is 9.99. The Hall–Kier alpha value is -1.21. The molecule has 0 aromatic heterocycles. The minimum Gasteiger partial charge on any atom is -0.493 e. The predicted octanol–water partition coefficient (Wildman–Crippen LogP) is 0.184. The maximum Gasteiger partial charge on any atom is 0.251 e. The number of nitrogens with one attached hydrogen (secondary N) is 1. The first-order valence-corrected chi connectivity index (χ1v) is 4.79. The zero-order valence-electron chi connectivity index (χ0n) is 10.6. The highest BCUT2D eigenvalue weighted by atomic mass is 35.5. The first kappa shape index (κ1) is 22.9. The molecule has 0 spiro atoms. The lowest BCUT2D eigenvalue weighted by molar-refractivity contribution is 0.0945. The van der Waals surface area contributed by atoms with Crippen molar-refractivity contribution in [2.45, 2.75) is 6.42 Å². The minimum absolute atomic E-state index is 0. The van der Waals surface area contributed by atoms with E-state index in [0.717, 1.165) is 12.0 Å². The molecule has 0 saturated carbocycles. The van der Waals surface area contributed by atoms with Gasteiger partial charge in [0.05, 0.1) is 14.2 Å². The molecule has 1 aromatic rings. The van der Waals surface area contributed by atoms with Crippen molar-refractivity contribution in [3.05, 3.63) is 23.3 Å². The molecule has 0 bridgehead atoms. The summed E-state index contributed by atoms with van der Waals surface area (Å²) >= 11 is 0. The Morgan fingerprint density at radius 2 is 1.58 bits per heavy atom. The minimum atomic E-state index is -0.0443. The summed E-state index contributed by atoms with van der Waals surface area (Å²) < 4.78 is 10.3. The van der Waals surface area contributed by atoms with E-state index in [1.54, 1.807) is 20.3 Å². The lowest BCUT2D eigenvalue weighted by Crippen LogP contribution is -2.31. The van der Waals surface area contributed by atoms with Crippen molar-refractivity contribution in [2.24, 2.45) is 0 Å². The molecule has 0 fully saturated rings. The number of amides is 1. The molecular formula is C11H19Cl2NO5. The smallest absolute Gasteiger partial charge is 0.251 e. The van der Waals surface area contributed by atoms with Gasteiger partial charge in [-0.3, -0.25) is 4.79 Å². The van der Waals surface area contributed by atoms with Gasteiger partial charge in [-0.2, -0.15) is 0 Å². The van der Waals surface area contributed by atoms with Crippen molar-refractivity contribution < 1.29 is 25.2 Å². The number of rotatable bonds is 2. The van der Waals surface area contributed by atoms with Crippen LogP contribution in [0.4, 0.5) is 0 Å². The summed E-state index contributed by atoms with van der Waals surface area (Å²) in [6, 6.07) is 3.59. The normalized spacial score (nSPS) is 11.2. The van der Waals surface area contributed by atoms with E-state index in [0.29, 0.717) is 23.6 Å². The average molecular weight is 316 g/mol. The van der Waals surface area contributed by atoms with E-state index in [1.807, 2.05) is 6.07 Å². The summed E-state index contributed by atoms with van der Waals surface area (Å²) in [5, 5.41) is 2.79. The van der Waals surface area contributed by atoms with Crippen LogP contribution in [-0.2, 0) is 6.42 Å². The standard InChI is InChI=1S/C11H13NO3.2ClH.2H2O/c1-14-9-5-7-3-4-12-11(13)8(7)6-10(9)15-2;;;;/h5-6H,3-4H2,1-2H3,(H,12,13);2*1H;2*1H2. The van der Waals surface area contributed by atoms with E-state index in [1.165, 1.54) is 0 Å². The highest BCUT2D eigenvalue weighted by Crippen LogP contribution is 2.31. The molecule has 1 aliphatic heterocycles. The monoisotopic (exact) mass is 315 g/mol. The number of carbonyl (C=O) groups is 1. The van der Waals surface area contributed by atoms with Crippen LogP contribution in [0.15, 0.2) is 12.1 Å². The Labute approximate surface area is 123 Å². The number of hydrogen-bond acceptors (Lipinski definition) is 3. The average Bonchev–Trinajstić information content (AvgIpc) is 2.28. The van der Waals surface area contributed by atoms with E-state index in [4.69, 9.17) is 9.47 Å². The lowest BCUT2D eigenvalue weighted by Gasteiger charge is -2.18. The van der Waals surface area contributed by atoms with E-state index >= 15 is 0 Å². The molecule has 5 N–H and O–H groups in total. The SMILES string of the molecule is COc1cc2c(cc1OC)C(=O)NCC2.Cl.Cl.O.O. The summed E-state index contributed by atoms with van der Waals surface area (Å²) in [6.07, 6.45) is 0.835. The molecule has 6 nitrogen and oxygen atoms in total. The summed E-state index contributed by atoms with van der Waals surface area (Å²) in [6.45, 7) is 0.682. The maximum absolute atomic E-state index is 11.5. The van der Waals surface area contributed by atoms with Crippen molar-refractivity contribution in [1.29, 1.82) is 0 Å². The third-order valence-corrected chi connectivity index (χ3v) is 2.53. The number of halogens is 2. The zero-order valence-corrected chi connectivity index (χ0v) is 12.2. The molecule has 1 aromatic carbocycles. The Morgan fingerprint density at radius 1 is 1.05 bits per heavy atom. The van der Waals surface area contributed by atoms with Crippen molar-refractivity contribution >= 4 is 30.7 Å². The summed E-state index contributed by atoms with van der Waals surface area (Å²) in [4.78, 5) is 11.5. The fourth-order valence-electron chi connectivity index (χ4n) is 1.75. The molecule has 112 valence electrons. The number of benzene rings is 1. The first-order valence-electron chi connectivity index (χ1n) is 4.79. The Balaban J connectivity index is -0.000000640. The molecule has 1 heterocycles. The predicted molar refractivity (Wildman–Crippen MR) is 77.3 cm³/mol. The van der Waals surface area contributed by atoms with Gasteiger partial charge >= 0.3 is 0 Å². The van der Waals surface area contributed by atoms with Crippen LogP contribution in [0.3, 0.4) is 0 Å². The number of carbonyl (C=O) groups excluding carboxylic acids is 1. The second-order valence-corrected chi connectivity index (χ2v) is 3.37. The Bertz CT molecular complexity index is 414. The van der Waals surface area contributed by atoms with Gasteiger partial charge in [0.2, 0.25) is 0 Å². The van der Waals surface area contributed by atoms with Crippen LogP contribution < -0.4 is 14.8 Å². The van der Waals surface area contributed by atoms with Crippen molar-refractivity contribution in [1.82, 2.24) is 5.32 Å². The van der Waals surface area contributed by atoms with E-state index < -0.39 is 0 Å². The molecule has 0 unspecified atom stereocenters. The van der Waals surface area contributed by atoms with Crippen LogP contribution in [0.1, 0.15) is 15.9 Å². The van der Waals surface area contributed by atoms with E-state index in [9.17, 15) is 4.79 Å². The van der Waals surface area contributed by atoms with Crippen molar-refractivity contribution in [2.75, 3.05) is 20.8 Å². The van der Waals surface area contributed by atoms with Gasteiger partial charge in [0.1, 0.15) is 0 Å². The number of ether oxygens (including phenoxy) is 2. The maximum atomic E-state index is 11.5. The van der Waals surface area contributed by atoms with Crippen molar-refractivity contribution in [3.8, 4) is 11.5 Å². The molecule has 8 heteroatoms. The summed E-state index contributed by atoms with van der Waals surface area (Å²) in [5.74, 6) is 1.22. The molecule has 0 saturated heterocycles. The van der Waals surface area contributed by atoms with Gasteiger partial charge in [-0.25, -0.2) is 0 Å². The second-order valence-electron chi connectivity index (χ2n) is 3.37. The third kappa shape index (κ3) is 4.43. The molecule has 0 radical (unpaired) electrons. The second kappa shape index (κ2) is 9.69. The van der Waals surface area contributed by atoms with Crippen LogP contribution in [0.25, 0.3) is 0 Å². The van der Waals surface area contributed by atoms with Gasteiger partial charge in [-0.05, 0) is 24.1 Å². The first-order chi connectivity index (χ1) is 7.26. The van der Waals surface area contributed by atoms with E-state index in [-0.39, 0.29) is 41.7 Å². The summed E-state index contributed by atoms with van der Waals surface area (Å²) in [5.41, 5.74) is 1.69. The molecule has 1 amide bonds. The molecular weight excluding hydrogens is 297 g/mol. The summed E-state index contributed by atoms with van der Waals surface area (Å²) in [7, 11) is 3.15.